The minimum Gasteiger partial charge on any atom is -0.340 e. The molecule has 3 heterocycles. The zero-order valence-electron chi connectivity index (χ0n) is 15.3. The van der Waals surface area contributed by atoms with Crippen LogP contribution in [0.4, 0.5) is 0 Å². The van der Waals surface area contributed by atoms with Gasteiger partial charge in [0.2, 0.25) is 5.91 Å². The molecule has 1 aromatic heterocycles. The molecule has 0 saturated carbocycles. The van der Waals surface area contributed by atoms with E-state index in [0.717, 1.165) is 52.2 Å². The molecule has 0 spiro atoms. The lowest BCUT2D eigenvalue weighted by Crippen LogP contribution is -2.50. The Morgan fingerprint density at radius 1 is 1.28 bits per heavy atom. The Morgan fingerprint density at radius 3 is 2.48 bits per heavy atom. The van der Waals surface area contributed by atoms with E-state index >= 15 is 0 Å². The van der Waals surface area contributed by atoms with Gasteiger partial charge >= 0.3 is 0 Å². The average Bonchev–Trinajstić information content (AvgIpc) is 3.18. The summed E-state index contributed by atoms with van der Waals surface area (Å²) >= 11 is 1.76. The molecule has 2 aliphatic heterocycles. The Hall–Kier alpha value is -0.400. The molecular weight excluding hydrogens is 379 g/mol. The lowest BCUT2D eigenvalue weighted by atomic mass is 9.98. The van der Waals surface area contributed by atoms with Crippen LogP contribution in [0, 0.1) is 5.92 Å². The fourth-order valence-electron chi connectivity index (χ4n) is 3.20. The number of carbonyl (C=O) groups is 1. The highest BCUT2D eigenvalue weighted by Gasteiger charge is 2.29. The molecule has 1 amide bonds. The fraction of sp³-hybridized carbons (Fsp3) is 0.765. The third-order valence-electron chi connectivity index (χ3n) is 4.67. The van der Waals surface area contributed by atoms with E-state index in [9.17, 15) is 4.79 Å². The van der Waals surface area contributed by atoms with Gasteiger partial charge in [-0.3, -0.25) is 9.69 Å². The first-order valence-corrected chi connectivity index (χ1v) is 9.48. The molecule has 1 aromatic rings. The molecule has 1 N–H and O–H groups in total. The highest BCUT2D eigenvalue weighted by Crippen LogP contribution is 2.26. The molecule has 1 unspecified atom stereocenters. The van der Waals surface area contributed by atoms with Crippen LogP contribution in [0.1, 0.15) is 37.9 Å². The Balaban J connectivity index is 0.00000156. The third kappa shape index (κ3) is 5.79. The summed E-state index contributed by atoms with van der Waals surface area (Å²) < 4.78 is 0. The molecule has 0 radical (unpaired) electrons. The van der Waals surface area contributed by atoms with Gasteiger partial charge in [0.05, 0.1) is 16.6 Å². The van der Waals surface area contributed by atoms with Gasteiger partial charge in [0.25, 0.3) is 0 Å². The standard InChI is InChI=1S/C17H28N4OS.2ClH/c1-17(2,3)16-19-14(12-23-16)11-20-6-8-21(9-7-20)15(22)13-4-5-18-10-13;;/h12-13,18H,4-11H2,1-3H3;2*1H. The molecule has 1 atom stereocenters. The summed E-state index contributed by atoms with van der Waals surface area (Å²) in [6, 6.07) is 0. The second-order valence-electron chi connectivity index (χ2n) is 7.69. The molecule has 2 saturated heterocycles. The molecule has 0 aromatic carbocycles. The maximum atomic E-state index is 12.4. The van der Waals surface area contributed by atoms with Crippen molar-refractivity contribution >= 4 is 42.1 Å². The quantitative estimate of drug-likeness (QED) is 0.834. The lowest BCUT2D eigenvalue weighted by molar-refractivity contribution is -0.136. The average molecular weight is 409 g/mol. The van der Waals surface area contributed by atoms with Gasteiger partial charge < -0.3 is 10.2 Å². The van der Waals surface area contributed by atoms with E-state index in [2.05, 4.69) is 41.3 Å². The molecule has 25 heavy (non-hydrogen) atoms. The van der Waals surface area contributed by atoms with E-state index in [1.165, 1.54) is 10.7 Å². The number of piperazine rings is 1. The van der Waals surface area contributed by atoms with Crippen LogP contribution in [-0.2, 0) is 16.8 Å². The summed E-state index contributed by atoms with van der Waals surface area (Å²) in [5.74, 6) is 0.549. The monoisotopic (exact) mass is 408 g/mol. The van der Waals surface area contributed by atoms with Crippen LogP contribution >= 0.6 is 36.2 Å². The number of hydrogen-bond acceptors (Lipinski definition) is 5. The second-order valence-corrected chi connectivity index (χ2v) is 8.54. The highest BCUT2D eigenvalue weighted by atomic mass is 35.5. The lowest BCUT2D eigenvalue weighted by Gasteiger charge is -2.35. The Labute approximate surface area is 167 Å². The number of thiazole rings is 1. The predicted octanol–water partition coefficient (Wildman–Crippen LogP) is 2.54. The van der Waals surface area contributed by atoms with Gasteiger partial charge in [0.15, 0.2) is 0 Å². The van der Waals surface area contributed by atoms with Gasteiger partial charge in [-0.2, -0.15) is 0 Å². The smallest absolute Gasteiger partial charge is 0.227 e. The fourth-order valence-corrected chi connectivity index (χ4v) is 4.10. The topological polar surface area (TPSA) is 48.5 Å². The van der Waals surface area contributed by atoms with Crippen molar-refractivity contribution in [3.63, 3.8) is 0 Å². The number of amides is 1. The van der Waals surface area contributed by atoms with Crippen molar-refractivity contribution in [1.29, 1.82) is 0 Å². The number of hydrogen-bond donors (Lipinski definition) is 1. The SMILES string of the molecule is CC(C)(C)c1nc(CN2CCN(C(=O)C3CCNC3)CC2)cs1.Cl.Cl. The van der Waals surface area contributed by atoms with Gasteiger partial charge in [-0.05, 0) is 13.0 Å². The molecule has 2 fully saturated rings. The van der Waals surface area contributed by atoms with E-state index in [-0.39, 0.29) is 36.1 Å². The summed E-state index contributed by atoms with van der Waals surface area (Å²) in [7, 11) is 0. The van der Waals surface area contributed by atoms with Crippen LogP contribution in [0.3, 0.4) is 0 Å². The minimum atomic E-state index is 0. The van der Waals surface area contributed by atoms with Gasteiger partial charge in [0, 0.05) is 50.1 Å². The van der Waals surface area contributed by atoms with Crippen molar-refractivity contribution in [2.75, 3.05) is 39.3 Å². The molecule has 144 valence electrons. The maximum absolute atomic E-state index is 12.4. The molecule has 0 aliphatic carbocycles. The van der Waals surface area contributed by atoms with E-state index in [1.807, 2.05) is 0 Å². The van der Waals surface area contributed by atoms with Crippen LogP contribution in [0.15, 0.2) is 5.38 Å². The molecule has 0 bridgehead atoms. The number of nitrogens with zero attached hydrogens (tertiary/aromatic N) is 3. The van der Waals surface area contributed by atoms with Gasteiger partial charge in [-0.1, -0.05) is 20.8 Å². The number of aromatic nitrogens is 1. The van der Waals surface area contributed by atoms with Crippen LogP contribution in [0.25, 0.3) is 0 Å². The largest absolute Gasteiger partial charge is 0.340 e. The third-order valence-corrected chi connectivity index (χ3v) is 5.99. The van der Waals surface area contributed by atoms with E-state index in [4.69, 9.17) is 4.98 Å². The Kier molecular flexibility index (Phi) is 8.61. The van der Waals surface area contributed by atoms with Crippen LogP contribution in [-0.4, -0.2) is 60.0 Å². The predicted molar refractivity (Wildman–Crippen MR) is 108 cm³/mol. The summed E-state index contributed by atoms with van der Waals surface area (Å²) in [6.45, 7) is 13.0. The number of halogens is 2. The van der Waals surface area contributed by atoms with Crippen molar-refractivity contribution in [2.24, 2.45) is 5.92 Å². The first-order chi connectivity index (χ1) is 10.9. The minimum absolute atomic E-state index is 0. The van der Waals surface area contributed by atoms with Gasteiger partial charge in [-0.15, -0.1) is 36.2 Å². The number of rotatable bonds is 3. The Bertz CT molecular complexity index is 547. The zero-order valence-corrected chi connectivity index (χ0v) is 17.7. The maximum Gasteiger partial charge on any atom is 0.227 e. The molecule has 8 heteroatoms. The highest BCUT2D eigenvalue weighted by molar-refractivity contribution is 7.09. The summed E-state index contributed by atoms with van der Waals surface area (Å²) in [5.41, 5.74) is 1.29. The number of carbonyl (C=O) groups excluding carboxylic acids is 1. The molecule has 5 nitrogen and oxygen atoms in total. The molecular formula is C17H30Cl2N4OS. The van der Waals surface area contributed by atoms with E-state index < -0.39 is 0 Å². The first kappa shape index (κ1) is 22.6. The van der Waals surface area contributed by atoms with Crippen molar-refractivity contribution in [3.8, 4) is 0 Å². The van der Waals surface area contributed by atoms with Crippen LogP contribution < -0.4 is 5.32 Å². The molecule has 3 rings (SSSR count). The molecule has 2 aliphatic rings. The Morgan fingerprint density at radius 2 is 1.96 bits per heavy atom. The normalized spacial score (nSPS) is 21.6. The van der Waals surface area contributed by atoms with Crippen LogP contribution in [0.2, 0.25) is 0 Å². The summed E-state index contributed by atoms with van der Waals surface area (Å²) in [5, 5.41) is 6.67. The zero-order chi connectivity index (χ0) is 16.4. The number of nitrogens with one attached hydrogen (secondary N) is 1. The summed E-state index contributed by atoms with van der Waals surface area (Å²) in [4.78, 5) is 21.7. The van der Waals surface area contributed by atoms with Gasteiger partial charge in [0.1, 0.15) is 0 Å². The van der Waals surface area contributed by atoms with Gasteiger partial charge in [-0.25, -0.2) is 4.98 Å². The van der Waals surface area contributed by atoms with Crippen molar-refractivity contribution in [1.82, 2.24) is 20.1 Å². The first-order valence-electron chi connectivity index (χ1n) is 8.60. The van der Waals surface area contributed by atoms with E-state index in [0.29, 0.717) is 5.91 Å². The van der Waals surface area contributed by atoms with E-state index in [1.54, 1.807) is 11.3 Å². The van der Waals surface area contributed by atoms with Crippen molar-refractivity contribution < 1.29 is 4.79 Å². The van der Waals surface area contributed by atoms with Crippen molar-refractivity contribution in [3.05, 3.63) is 16.1 Å². The summed E-state index contributed by atoms with van der Waals surface area (Å²) in [6.07, 6.45) is 0.994. The van der Waals surface area contributed by atoms with Crippen LogP contribution in [0.5, 0.6) is 0 Å². The second kappa shape index (κ2) is 9.51. The van der Waals surface area contributed by atoms with Crippen molar-refractivity contribution in [2.45, 2.75) is 39.2 Å².